The summed E-state index contributed by atoms with van der Waals surface area (Å²) in [6, 6.07) is 3.08. The van der Waals surface area contributed by atoms with E-state index in [1.165, 1.54) is 12.8 Å². The molecule has 0 amide bonds. The minimum absolute atomic E-state index is 0.268. The summed E-state index contributed by atoms with van der Waals surface area (Å²) < 4.78 is 5.69. The van der Waals surface area contributed by atoms with Crippen molar-refractivity contribution in [1.29, 1.82) is 5.26 Å². The Morgan fingerprint density at radius 2 is 2.25 bits per heavy atom. The fourth-order valence-electron chi connectivity index (χ4n) is 3.81. The number of hydrogen-bond donors (Lipinski definition) is 1. The van der Waals surface area contributed by atoms with Gasteiger partial charge in [0.2, 0.25) is 0 Å². The molecule has 4 heteroatoms. The van der Waals surface area contributed by atoms with Crippen LogP contribution in [0.15, 0.2) is 0 Å². The molecule has 4 nitrogen and oxygen atoms in total. The molecular weight excluding hydrogens is 250 g/mol. The summed E-state index contributed by atoms with van der Waals surface area (Å²) in [6.45, 7) is 10.3. The standard InChI is InChI=1S/C16H29N3O/c1-4-18-16(12-17)8-5-6-15(16)7-9-19-10-14(3)20-11-13(19)2/h13-15,18H,4-11H2,1-3H3. The van der Waals surface area contributed by atoms with Crippen LogP contribution in [0, 0.1) is 17.2 Å². The molecule has 1 aliphatic carbocycles. The van der Waals surface area contributed by atoms with Crippen LogP contribution >= 0.6 is 0 Å². The van der Waals surface area contributed by atoms with Gasteiger partial charge in [-0.3, -0.25) is 10.2 Å². The molecule has 4 atom stereocenters. The van der Waals surface area contributed by atoms with E-state index in [1.807, 2.05) is 0 Å². The molecule has 0 radical (unpaired) electrons. The number of nitrogens with one attached hydrogen (secondary N) is 1. The van der Waals surface area contributed by atoms with E-state index in [1.54, 1.807) is 0 Å². The average molecular weight is 279 g/mol. The van der Waals surface area contributed by atoms with E-state index in [0.29, 0.717) is 18.1 Å². The lowest BCUT2D eigenvalue weighted by Crippen LogP contribution is -2.50. The van der Waals surface area contributed by atoms with Gasteiger partial charge in [0.1, 0.15) is 5.54 Å². The first kappa shape index (κ1) is 15.8. The number of nitriles is 1. The van der Waals surface area contributed by atoms with Crippen molar-refractivity contribution < 1.29 is 4.74 Å². The first-order valence-electron chi connectivity index (χ1n) is 8.13. The zero-order chi connectivity index (χ0) is 14.6. The van der Waals surface area contributed by atoms with E-state index < -0.39 is 0 Å². The Labute approximate surface area is 123 Å². The van der Waals surface area contributed by atoms with Gasteiger partial charge in [-0.1, -0.05) is 13.3 Å². The van der Waals surface area contributed by atoms with Gasteiger partial charge >= 0.3 is 0 Å². The predicted molar refractivity (Wildman–Crippen MR) is 80.4 cm³/mol. The SMILES string of the molecule is CCNC1(C#N)CCCC1CCN1CC(C)OCC1C. The average Bonchev–Trinajstić information content (AvgIpc) is 2.84. The highest BCUT2D eigenvalue weighted by molar-refractivity contribution is 5.14. The Balaban J connectivity index is 1.90. The molecule has 2 aliphatic rings. The van der Waals surface area contributed by atoms with Gasteiger partial charge in [-0.15, -0.1) is 0 Å². The van der Waals surface area contributed by atoms with Crippen LogP contribution in [0.3, 0.4) is 0 Å². The van der Waals surface area contributed by atoms with Crippen molar-refractivity contribution in [2.75, 3.05) is 26.2 Å². The Morgan fingerprint density at radius 3 is 2.95 bits per heavy atom. The summed E-state index contributed by atoms with van der Waals surface area (Å²) in [5.74, 6) is 0.498. The van der Waals surface area contributed by atoms with Gasteiger partial charge in [0.25, 0.3) is 0 Å². The second-order valence-electron chi connectivity index (χ2n) is 6.48. The van der Waals surface area contributed by atoms with Crippen molar-refractivity contribution in [3.63, 3.8) is 0 Å². The Hall–Kier alpha value is -0.630. The molecule has 1 saturated carbocycles. The molecule has 0 aromatic heterocycles. The molecular formula is C16H29N3O. The van der Waals surface area contributed by atoms with E-state index in [0.717, 1.165) is 39.1 Å². The monoisotopic (exact) mass is 279 g/mol. The van der Waals surface area contributed by atoms with Crippen molar-refractivity contribution in [3.8, 4) is 6.07 Å². The first-order chi connectivity index (χ1) is 9.61. The smallest absolute Gasteiger partial charge is 0.109 e. The number of morpholine rings is 1. The lowest BCUT2D eigenvalue weighted by Gasteiger charge is -2.38. The number of ether oxygens (including phenoxy) is 1. The zero-order valence-electron chi connectivity index (χ0n) is 13.2. The summed E-state index contributed by atoms with van der Waals surface area (Å²) in [4.78, 5) is 2.53. The normalized spacial score (nSPS) is 38.8. The lowest BCUT2D eigenvalue weighted by atomic mass is 9.85. The van der Waals surface area contributed by atoms with Gasteiger partial charge in [0, 0.05) is 12.6 Å². The van der Waals surface area contributed by atoms with Crippen LogP contribution in [0.4, 0.5) is 0 Å². The molecule has 1 N–H and O–H groups in total. The van der Waals surface area contributed by atoms with Gasteiger partial charge in [-0.25, -0.2) is 0 Å². The minimum atomic E-state index is -0.268. The molecule has 114 valence electrons. The van der Waals surface area contributed by atoms with E-state index >= 15 is 0 Å². The van der Waals surface area contributed by atoms with Gasteiger partial charge in [0.05, 0.1) is 18.8 Å². The molecule has 0 aromatic carbocycles. The molecule has 4 unspecified atom stereocenters. The fraction of sp³-hybridized carbons (Fsp3) is 0.938. The van der Waals surface area contributed by atoms with Gasteiger partial charge in [-0.05, 0) is 52.1 Å². The maximum atomic E-state index is 9.60. The minimum Gasteiger partial charge on any atom is -0.376 e. The second-order valence-corrected chi connectivity index (χ2v) is 6.48. The molecule has 20 heavy (non-hydrogen) atoms. The highest BCUT2D eigenvalue weighted by Gasteiger charge is 2.42. The van der Waals surface area contributed by atoms with Gasteiger partial charge in [0.15, 0.2) is 0 Å². The van der Waals surface area contributed by atoms with Crippen molar-refractivity contribution in [2.24, 2.45) is 5.92 Å². The molecule has 1 aliphatic heterocycles. The quantitative estimate of drug-likeness (QED) is 0.838. The third-order valence-electron chi connectivity index (χ3n) is 5.01. The summed E-state index contributed by atoms with van der Waals surface area (Å²) in [7, 11) is 0. The third kappa shape index (κ3) is 3.33. The van der Waals surface area contributed by atoms with Crippen LogP contribution in [0.1, 0.15) is 46.5 Å². The molecule has 0 bridgehead atoms. The van der Waals surface area contributed by atoms with Crippen LogP contribution in [0.5, 0.6) is 0 Å². The molecule has 1 heterocycles. The summed E-state index contributed by atoms with van der Waals surface area (Å²) in [5, 5.41) is 13.1. The first-order valence-corrected chi connectivity index (χ1v) is 8.13. The van der Waals surface area contributed by atoms with Crippen molar-refractivity contribution in [3.05, 3.63) is 0 Å². The molecule has 0 spiro atoms. The largest absolute Gasteiger partial charge is 0.376 e. The molecule has 0 aromatic rings. The maximum Gasteiger partial charge on any atom is 0.109 e. The zero-order valence-corrected chi connectivity index (χ0v) is 13.2. The molecule has 1 saturated heterocycles. The van der Waals surface area contributed by atoms with E-state index in [2.05, 4.69) is 37.1 Å². The number of rotatable bonds is 5. The van der Waals surface area contributed by atoms with Crippen LogP contribution in [-0.4, -0.2) is 48.8 Å². The summed E-state index contributed by atoms with van der Waals surface area (Å²) in [5.41, 5.74) is -0.268. The van der Waals surface area contributed by atoms with Crippen molar-refractivity contribution in [2.45, 2.75) is 64.1 Å². The van der Waals surface area contributed by atoms with E-state index in [9.17, 15) is 5.26 Å². The lowest BCUT2D eigenvalue weighted by molar-refractivity contribution is -0.0512. The summed E-state index contributed by atoms with van der Waals surface area (Å²) >= 11 is 0. The van der Waals surface area contributed by atoms with E-state index in [-0.39, 0.29) is 5.54 Å². The molecule has 2 fully saturated rings. The topological polar surface area (TPSA) is 48.3 Å². The summed E-state index contributed by atoms with van der Waals surface area (Å²) in [6.07, 6.45) is 4.84. The van der Waals surface area contributed by atoms with Gasteiger partial charge in [-0.2, -0.15) is 5.26 Å². The third-order valence-corrected chi connectivity index (χ3v) is 5.01. The number of hydrogen-bond acceptors (Lipinski definition) is 4. The van der Waals surface area contributed by atoms with Crippen LogP contribution in [0.25, 0.3) is 0 Å². The Morgan fingerprint density at radius 1 is 1.45 bits per heavy atom. The molecule has 2 rings (SSSR count). The van der Waals surface area contributed by atoms with Crippen molar-refractivity contribution >= 4 is 0 Å². The Kier molecular flexibility index (Phi) is 5.42. The van der Waals surface area contributed by atoms with E-state index in [4.69, 9.17) is 4.74 Å². The van der Waals surface area contributed by atoms with Crippen molar-refractivity contribution in [1.82, 2.24) is 10.2 Å². The highest BCUT2D eigenvalue weighted by atomic mass is 16.5. The fourth-order valence-corrected chi connectivity index (χ4v) is 3.81. The van der Waals surface area contributed by atoms with Crippen LogP contribution < -0.4 is 5.32 Å². The highest BCUT2D eigenvalue weighted by Crippen LogP contribution is 2.37. The van der Waals surface area contributed by atoms with Gasteiger partial charge < -0.3 is 4.74 Å². The van der Waals surface area contributed by atoms with Crippen LogP contribution in [-0.2, 0) is 4.74 Å². The number of nitrogens with zero attached hydrogens (tertiary/aromatic N) is 2. The maximum absolute atomic E-state index is 9.60. The predicted octanol–water partition coefficient (Wildman–Crippen LogP) is 2.16. The Bertz CT molecular complexity index is 354. The van der Waals surface area contributed by atoms with Crippen LogP contribution in [0.2, 0.25) is 0 Å². The second kappa shape index (κ2) is 6.89.